The Morgan fingerprint density at radius 3 is 2.86 bits per heavy atom. The molecule has 1 saturated heterocycles. The van der Waals surface area contributed by atoms with Crippen LogP contribution in [0.15, 0.2) is 14.4 Å². The highest BCUT2D eigenvalue weighted by molar-refractivity contribution is 7.98. The highest BCUT2D eigenvalue weighted by Gasteiger charge is 2.22. The monoisotopic (exact) mass is 341 g/mol. The number of fused-ring (bicyclic) bond motifs is 1. The quantitative estimate of drug-likeness (QED) is 0.614. The fourth-order valence-electron chi connectivity index (χ4n) is 2.47. The lowest BCUT2D eigenvalue weighted by atomic mass is 10.2. The number of aromatic nitrogens is 2. The minimum absolute atomic E-state index is 0.0772. The van der Waals surface area contributed by atoms with Gasteiger partial charge in [-0.25, -0.2) is 14.8 Å². The van der Waals surface area contributed by atoms with Crippen molar-refractivity contribution in [2.45, 2.75) is 18.5 Å². The fourth-order valence-corrected chi connectivity index (χ4v) is 2.99. The van der Waals surface area contributed by atoms with Crippen molar-refractivity contribution in [3.05, 3.63) is 21.2 Å². The molecule has 1 fully saturated rings. The molecule has 0 N–H and O–H groups in total. The molecule has 3 rings (SSSR count). The maximum atomic E-state index is 12.3. The molecule has 8 heteroatoms. The van der Waals surface area contributed by atoms with E-state index < -0.39 is 5.63 Å². The Kier molecular flexibility index (Phi) is 4.56. The van der Waals surface area contributed by atoms with E-state index in [9.17, 15) is 4.79 Å². The largest absolute Gasteiger partial charge is 0.410 e. The molecule has 0 bridgehead atoms. The van der Waals surface area contributed by atoms with E-state index in [1.54, 1.807) is 6.92 Å². The van der Waals surface area contributed by atoms with Gasteiger partial charge in [-0.05, 0) is 31.2 Å². The van der Waals surface area contributed by atoms with Crippen LogP contribution in [0.5, 0.6) is 0 Å². The normalized spacial score (nSPS) is 16.0. The lowest BCUT2D eigenvalue weighted by molar-refractivity contribution is 0.152. The summed E-state index contributed by atoms with van der Waals surface area (Å²) in [6.45, 7) is 4.58. The predicted molar refractivity (Wildman–Crippen MR) is 87.3 cm³/mol. The van der Waals surface area contributed by atoms with Gasteiger partial charge in [0.2, 0.25) is 5.22 Å². The van der Waals surface area contributed by atoms with E-state index in [1.807, 2.05) is 6.26 Å². The average molecular weight is 342 g/mol. The van der Waals surface area contributed by atoms with Crippen LogP contribution < -0.4 is 10.5 Å². The Morgan fingerprint density at radius 2 is 2.09 bits per heavy atom. The third kappa shape index (κ3) is 2.80. The highest BCUT2D eigenvalue weighted by Crippen LogP contribution is 2.29. The third-order valence-corrected chi connectivity index (χ3v) is 4.52. The van der Waals surface area contributed by atoms with Crippen LogP contribution >= 0.6 is 23.4 Å². The van der Waals surface area contributed by atoms with Crippen molar-refractivity contribution in [2.75, 3.05) is 37.5 Å². The third-order valence-electron chi connectivity index (χ3n) is 3.61. The summed E-state index contributed by atoms with van der Waals surface area (Å²) in [7, 11) is 0. The molecular weight excluding hydrogens is 326 g/mol. The first kappa shape index (κ1) is 15.6. The molecule has 1 aliphatic heterocycles. The van der Waals surface area contributed by atoms with E-state index in [0.717, 1.165) is 13.0 Å². The lowest BCUT2D eigenvalue weighted by Crippen LogP contribution is -2.28. The van der Waals surface area contributed by atoms with Crippen LogP contribution in [0.4, 0.5) is 5.82 Å². The zero-order valence-corrected chi connectivity index (χ0v) is 14.0. The Balaban J connectivity index is 2.27. The molecular formula is C14H16ClN3O3S. The summed E-state index contributed by atoms with van der Waals surface area (Å²) in [5.41, 5.74) is 0.709. The van der Waals surface area contributed by atoms with E-state index in [0.29, 0.717) is 47.2 Å². The first-order valence-corrected chi connectivity index (χ1v) is 8.59. The molecule has 3 heterocycles. The Bertz CT molecular complexity index is 757. The van der Waals surface area contributed by atoms with Crippen LogP contribution in [-0.2, 0) is 4.74 Å². The SMILES string of the molecule is CSc1nc(N2CCCOCC2)c2c(=O)oc(Cl)c(C)c2n1. The van der Waals surface area contributed by atoms with Gasteiger partial charge < -0.3 is 14.1 Å². The summed E-state index contributed by atoms with van der Waals surface area (Å²) in [4.78, 5) is 23.3. The van der Waals surface area contributed by atoms with E-state index >= 15 is 0 Å². The van der Waals surface area contributed by atoms with Gasteiger partial charge in [-0.15, -0.1) is 0 Å². The summed E-state index contributed by atoms with van der Waals surface area (Å²) in [6, 6.07) is 0. The Labute approximate surface area is 136 Å². The topological polar surface area (TPSA) is 68.5 Å². The van der Waals surface area contributed by atoms with Gasteiger partial charge in [-0.2, -0.15) is 0 Å². The molecule has 0 unspecified atom stereocenters. The van der Waals surface area contributed by atoms with Gasteiger partial charge in [0.15, 0.2) is 5.16 Å². The van der Waals surface area contributed by atoms with Crippen molar-refractivity contribution in [3.63, 3.8) is 0 Å². The number of anilines is 1. The molecule has 22 heavy (non-hydrogen) atoms. The number of hydrogen-bond acceptors (Lipinski definition) is 7. The molecule has 0 aromatic carbocycles. The standard InChI is InChI=1S/C14H16ClN3O3S/c1-8-10-9(13(19)21-11(8)15)12(17-14(16-10)22-2)18-4-3-6-20-7-5-18/h3-7H2,1-2H3. The molecule has 0 spiro atoms. The Hall–Kier alpha value is -1.31. The molecule has 0 atom stereocenters. The number of ether oxygens (including phenoxy) is 1. The highest BCUT2D eigenvalue weighted by atomic mass is 35.5. The number of hydrogen-bond donors (Lipinski definition) is 0. The van der Waals surface area contributed by atoms with E-state index in [2.05, 4.69) is 14.9 Å². The van der Waals surface area contributed by atoms with Crippen molar-refractivity contribution < 1.29 is 9.15 Å². The molecule has 0 radical (unpaired) electrons. The second-order valence-corrected chi connectivity index (χ2v) is 6.12. The number of rotatable bonds is 2. The van der Waals surface area contributed by atoms with Crippen LogP contribution in [0.25, 0.3) is 10.9 Å². The number of nitrogens with zero attached hydrogens (tertiary/aromatic N) is 3. The molecule has 1 aliphatic rings. The first-order valence-electron chi connectivity index (χ1n) is 6.99. The smallest absolute Gasteiger partial charge is 0.350 e. The van der Waals surface area contributed by atoms with Gasteiger partial charge in [0.25, 0.3) is 0 Å². The second kappa shape index (κ2) is 6.44. The number of thioether (sulfide) groups is 1. The molecule has 118 valence electrons. The van der Waals surface area contributed by atoms with E-state index in [4.69, 9.17) is 20.8 Å². The maximum Gasteiger partial charge on any atom is 0.350 e. The fraction of sp³-hybridized carbons (Fsp3) is 0.500. The first-order chi connectivity index (χ1) is 10.6. The van der Waals surface area contributed by atoms with Gasteiger partial charge >= 0.3 is 5.63 Å². The molecule has 0 aliphatic carbocycles. The van der Waals surface area contributed by atoms with Crippen LogP contribution in [-0.4, -0.2) is 42.5 Å². The maximum absolute atomic E-state index is 12.3. The van der Waals surface area contributed by atoms with E-state index in [-0.39, 0.29) is 5.22 Å². The molecule has 0 saturated carbocycles. The van der Waals surface area contributed by atoms with Crippen molar-refractivity contribution in [2.24, 2.45) is 0 Å². The van der Waals surface area contributed by atoms with Gasteiger partial charge in [0.05, 0.1) is 12.1 Å². The van der Waals surface area contributed by atoms with Crippen molar-refractivity contribution in [3.8, 4) is 0 Å². The molecule has 0 amide bonds. The molecule has 6 nitrogen and oxygen atoms in total. The minimum Gasteiger partial charge on any atom is -0.410 e. The van der Waals surface area contributed by atoms with Crippen LogP contribution in [0.3, 0.4) is 0 Å². The predicted octanol–water partition coefficient (Wildman–Crippen LogP) is 2.49. The summed E-state index contributed by atoms with van der Waals surface area (Å²) >= 11 is 7.42. The molecule has 2 aromatic rings. The van der Waals surface area contributed by atoms with Gasteiger partial charge in [0, 0.05) is 25.3 Å². The zero-order valence-electron chi connectivity index (χ0n) is 12.4. The van der Waals surface area contributed by atoms with Crippen LogP contribution in [0.2, 0.25) is 5.22 Å². The second-order valence-electron chi connectivity index (χ2n) is 5.00. The number of aryl methyl sites for hydroxylation is 1. The van der Waals surface area contributed by atoms with Crippen LogP contribution in [0.1, 0.15) is 12.0 Å². The molecule has 2 aromatic heterocycles. The average Bonchev–Trinajstić information content (AvgIpc) is 2.80. The summed E-state index contributed by atoms with van der Waals surface area (Å²) in [5, 5.41) is 1.08. The summed E-state index contributed by atoms with van der Waals surface area (Å²) in [6.07, 6.45) is 2.79. The van der Waals surface area contributed by atoms with E-state index in [1.165, 1.54) is 11.8 Å². The van der Waals surface area contributed by atoms with Crippen molar-refractivity contribution in [1.82, 2.24) is 9.97 Å². The van der Waals surface area contributed by atoms with Crippen molar-refractivity contribution in [1.29, 1.82) is 0 Å². The van der Waals surface area contributed by atoms with Gasteiger partial charge in [0.1, 0.15) is 11.2 Å². The zero-order chi connectivity index (χ0) is 15.7. The van der Waals surface area contributed by atoms with Gasteiger partial charge in [-0.1, -0.05) is 11.8 Å². The Morgan fingerprint density at radius 1 is 1.27 bits per heavy atom. The van der Waals surface area contributed by atoms with Gasteiger partial charge in [-0.3, -0.25) is 0 Å². The number of halogens is 1. The summed E-state index contributed by atoms with van der Waals surface area (Å²) < 4.78 is 10.6. The van der Waals surface area contributed by atoms with Crippen LogP contribution in [0, 0.1) is 6.92 Å². The minimum atomic E-state index is -0.501. The lowest BCUT2D eigenvalue weighted by Gasteiger charge is -2.22. The summed E-state index contributed by atoms with van der Waals surface area (Å²) in [5.74, 6) is 0.605. The van der Waals surface area contributed by atoms with Crippen molar-refractivity contribution >= 4 is 40.1 Å².